The van der Waals surface area contributed by atoms with Gasteiger partial charge in [0.25, 0.3) is 0 Å². The molecule has 0 N–H and O–H groups in total. The van der Waals surface area contributed by atoms with E-state index in [-0.39, 0.29) is 5.54 Å². The molecule has 1 aliphatic carbocycles. The van der Waals surface area contributed by atoms with Gasteiger partial charge in [0.05, 0.1) is 0 Å². The second-order valence-electron chi connectivity index (χ2n) is 9.01. The van der Waals surface area contributed by atoms with Crippen LogP contribution >= 0.6 is 0 Å². The minimum atomic E-state index is 0.160. The number of aryl methyl sites for hydroxylation is 1. The Morgan fingerprint density at radius 2 is 1.85 bits per heavy atom. The summed E-state index contributed by atoms with van der Waals surface area (Å²) in [5.41, 5.74) is 3.10. The van der Waals surface area contributed by atoms with Crippen molar-refractivity contribution < 1.29 is 4.79 Å². The maximum atomic E-state index is 12.7. The average Bonchev–Trinajstić information content (AvgIpc) is 3.51. The number of likely N-dealkylation sites (tertiary alicyclic amines) is 1. The molecule has 4 rings (SSSR count). The quantitative estimate of drug-likeness (QED) is 0.798. The molecule has 1 atom stereocenters. The molecule has 1 unspecified atom stereocenters. The third-order valence-corrected chi connectivity index (χ3v) is 7.15. The van der Waals surface area contributed by atoms with Crippen LogP contribution < -0.4 is 0 Å². The molecule has 0 aromatic heterocycles. The lowest BCUT2D eigenvalue weighted by molar-refractivity contribution is -0.131. The highest BCUT2D eigenvalue weighted by molar-refractivity contribution is 5.76. The molecule has 148 valence electrons. The van der Waals surface area contributed by atoms with Gasteiger partial charge in [-0.25, -0.2) is 0 Å². The molecule has 1 aromatic rings. The van der Waals surface area contributed by atoms with E-state index in [0.717, 1.165) is 70.9 Å². The van der Waals surface area contributed by atoms with Crippen LogP contribution in [0.1, 0.15) is 50.2 Å². The van der Waals surface area contributed by atoms with Gasteiger partial charge in [-0.05, 0) is 56.2 Å². The number of likely N-dealkylation sites (N-methyl/N-ethyl adjacent to an activating group) is 1. The van der Waals surface area contributed by atoms with E-state index in [1.54, 1.807) is 0 Å². The maximum absolute atomic E-state index is 12.7. The zero-order chi connectivity index (χ0) is 18.9. The number of piperazine rings is 1. The molecule has 27 heavy (non-hydrogen) atoms. The van der Waals surface area contributed by atoms with E-state index in [2.05, 4.69) is 52.9 Å². The third-order valence-electron chi connectivity index (χ3n) is 7.15. The zero-order valence-corrected chi connectivity index (χ0v) is 17.1. The predicted molar refractivity (Wildman–Crippen MR) is 110 cm³/mol. The lowest BCUT2D eigenvalue weighted by atomic mass is 9.86. The Hall–Kier alpha value is -1.39. The van der Waals surface area contributed by atoms with Gasteiger partial charge in [0.15, 0.2) is 0 Å². The molecule has 1 aromatic carbocycles. The first-order chi connectivity index (χ1) is 13.1. The number of amides is 1. The zero-order valence-electron chi connectivity index (χ0n) is 17.1. The van der Waals surface area contributed by atoms with E-state index >= 15 is 0 Å². The number of carbonyl (C=O) groups is 1. The summed E-state index contributed by atoms with van der Waals surface area (Å²) in [6.07, 6.45) is 6.58. The Morgan fingerprint density at radius 1 is 1.07 bits per heavy atom. The van der Waals surface area contributed by atoms with Crippen molar-refractivity contribution in [2.45, 2.75) is 57.5 Å². The average molecular weight is 370 g/mol. The molecule has 2 heterocycles. The maximum Gasteiger partial charge on any atom is 0.222 e. The molecule has 3 aliphatic rings. The molecule has 4 heteroatoms. The topological polar surface area (TPSA) is 26.8 Å². The fourth-order valence-electron chi connectivity index (χ4n) is 5.01. The minimum Gasteiger partial charge on any atom is -0.342 e. The van der Waals surface area contributed by atoms with E-state index in [0.29, 0.717) is 5.91 Å². The second-order valence-corrected chi connectivity index (χ2v) is 9.01. The van der Waals surface area contributed by atoms with Crippen molar-refractivity contribution in [1.82, 2.24) is 14.7 Å². The van der Waals surface area contributed by atoms with Crippen LogP contribution in [0, 0.1) is 5.92 Å². The Labute approximate surface area is 164 Å². The summed E-state index contributed by atoms with van der Waals surface area (Å²) in [5.74, 6) is 1.18. The largest absolute Gasteiger partial charge is 0.342 e. The monoisotopic (exact) mass is 369 g/mol. The van der Waals surface area contributed by atoms with Crippen LogP contribution in [-0.4, -0.2) is 65.9 Å². The molecule has 3 fully saturated rings. The second kappa shape index (κ2) is 7.92. The standard InChI is InChI=1S/C23H35N3O/c1-3-20-6-4-5-7-21(20)17-25-15-14-24(2)23(18-25)11-10-22(27)26(13-12-23)16-19-8-9-19/h4-7,19H,3,8-18H2,1-2H3. The summed E-state index contributed by atoms with van der Waals surface area (Å²) in [7, 11) is 2.28. The molecule has 0 bridgehead atoms. The van der Waals surface area contributed by atoms with Crippen LogP contribution in [0.5, 0.6) is 0 Å². The first-order valence-corrected chi connectivity index (χ1v) is 10.9. The van der Waals surface area contributed by atoms with Crippen molar-refractivity contribution in [1.29, 1.82) is 0 Å². The van der Waals surface area contributed by atoms with Gasteiger partial charge in [-0.3, -0.25) is 14.6 Å². The highest BCUT2D eigenvalue weighted by Crippen LogP contribution is 2.35. The van der Waals surface area contributed by atoms with Gasteiger partial charge >= 0.3 is 0 Å². The van der Waals surface area contributed by atoms with E-state index < -0.39 is 0 Å². The van der Waals surface area contributed by atoms with Crippen molar-refractivity contribution in [2.24, 2.45) is 5.92 Å². The van der Waals surface area contributed by atoms with Crippen LogP contribution in [0.15, 0.2) is 24.3 Å². The minimum absolute atomic E-state index is 0.160. The highest BCUT2D eigenvalue weighted by Gasteiger charge is 2.42. The van der Waals surface area contributed by atoms with Gasteiger partial charge in [0.1, 0.15) is 0 Å². The fourth-order valence-corrected chi connectivity index (χ4v) is 5.01. The van der Waals surface area contributed by atoms with Gasteiger partial charge in [0, 0.05) is 51.2 Å². The number of rotatable bonds is 5. The van der Waals surface area contributed by atoms with Gasteiger partial charge in [0.2, 0.25) is 5.91 Å². The van der Waals surface area contributed by atoms with Crippen molar-refractivity contribution in [3.63, 3.8) is 0 Å². The van der Waals surface area contributed by atoms with E-state index in [4.69, 9.17) is 0 Å². The lowest BCUT2D eigenvalue weighted by Crippen LogP contribution is -2.60. The van der Waals surface area contributed by atoms with Crippen molar-refractivity contribution in [2.75, 3.05) is 39.8 Å². The molecular weight excluding hydrogens is 334 g/mol. The summed E-state index contributed by atoms with van der Waals surface area (Å²) in [5, 5.41) is 0. The summed E-state index contributed by atoms with van der Waals surface area (Å²) in [6, 6.07) is 8.87. The van der Waals surface area contributed by atoms with Gasteiger partial charge in [-0.2, -0.15) is 0 Å². The van der Waals surface area contributed by atoms with E-state index in [9.17, 15) is 4.79 Å². The summed E-state index contributed by atoms with van der Waals surface area (Å²) in [6.45, 7) is 8.55. The molecule has 2 aliphatic heterocycles. The first kappa shape index (κ1) is 18.9. The number of hydrogen-bond donors (Lipinski definition) is 0. The highest BCUT2D eigenvalue weighted by atomic mass is 16.2. The Bertz CT molecular complexity index is 671. The Balaban J connectivity index is 1.45. The molecule has 1 saturated carbocycles. The van der Waals surface area contributed by atoms with Crippen molar-refractivity contribution in [3.05, 3.63) is 35.4 Å². The SMILES string of the molecule is CCc1ccccc1CN1CCN(C)C2(CCC(=O)N(CC3CC3)CC2)C1. The number of nitrogens with zero attached hydrogens (tertiary/aromatic N) is 3. The van der Waals surface area contributed by atoms with E-state index in [1.807, 2.05) is 0 Å². The number of carbonyl (C=O) groups excluding carboxylic acids is 1. The molecule has 1 spiro atoms. The molecule has 2 saturated heterocycles. The lowest BCUT2D eigenvalue weighted by Gasteiger charge is -2.49. The molecule has 4 nitrogen and oxygen atoms in total. The Kier molecular flexibility index (Phi) is 5.56. The van der Waals surface area contributed by atoms with Gasteiger partial charge in [-0.1, -0.05) is 31.2 Å². The van der Waals surface area contributed by atoms with Crippen LogP contribution in [0.3, 0.4) is 0 Å². The first-order valence-electron chi connectivity index (χ1n) is 10.9. The summed E-state index contributed by atoms with van der Waals surface area (Å²) < 4.78 is 0. The fraction of sp³-hybridized carbons (Fsp3) is 0.696. The van der Waals surface area contributed by atoms with E-state index in [1.165, 1.54) is 24.0 Å². The summed E-state index contributed by atoms with van der Waals surface area (Å²) >= 11 is 0. The van der Waals surface area contributed by atoms with Crippen LogP contribution in [0.4, 0.5) is 0 Å². The molecule has 0 radical (unpaired) electrons. The van der Waals surface area contributed by atoms with Crippen LogP contribution in [-0.2, 0) is 17.8 Å². The smallest absolute Gasteiger partial charge is 0.222 e. The molecular formula is C23H35N3O. The molecule has 1 amide bonds. The normalized spacial score (nSPS) is 27.9. The van der Waals surface area contributed by atoms with Crippen LogP contribution in [0.25, 0.3) is 0 Å². The van der Waals surface area contributed by atoms with Gasteiger partial charge in [-0.15, -0.1) is 0 Å². The van der Waals surface area contributed by atoms with Gasteiger partial charge < -0.3 is 4.90 Å². The van der Waals surface area contributed by atoms with Crippen molar-refractivity contribution in [3.8, 4) is 0 Å². The van der Waals surface area contributed by atoms with Crippen molar-refractivity contribution >= 4 is 5.91 Å². The van der Waals surface area contributed by atoms with Crippen LogP contribution in [0.2, 0.25) is 0 Å². The predicted octanol–water partition coefficient (Wildman–Crippen LogP) is 3.16. The number of benzene rings is 1. The Morgan fingerprint density at radius 3 is 2.59 bits per heavy atom. The summed E-state index contributed by atoms with van der Waals surface area (Å²) in [4.78, 5) is 20.0. The number of hydrogen-bond acceptors (Lipinski definition) is 3. The third kappa shape index (κ3) is 4.22.